The normalized spacial score (nSPS) is 18.6. The summed E-state index contributed by atoms with van der Waals surface area (Å²) in [6, 6.07) is 4.05. The molecule has 4 rings (SSSR count). The Balaban J connectivity index is 1.26. The average molecular weight is 316 g/mol. The van der Waals surface area contributed by atoms with Crippen LogP contribution in [0.25, 0.3) is 0 Å². The highest BCUT2D eigenvalue weighted by Gasteiger charge is 2.36. The Morgan fingerprint density at radius 2 is 2.26 bits per heavy atom. The van der Waals surface area contributed by atoms with Gasteiger partial charge in [-0.05, 0) is 19.1 Å². The Labute approximate surface area is 134 Å². The lowest BCUT2D eigenvalue weighted by Crippen LogP contribution is -2.63. The fraction of sp³-hybridized carbons (Fsp3) is 0.533. The number of nitrogens with one attached hydrogen (secondary N) is 1. The lowest BCUT2D eigenvalue weighted by Gasteiger charge is -2.46. The third-order valence-electron chi connectivity index (χ3n) is 4.63. The number of urea groups is 1. The smallest absolute Gasteiger partial charge is 0.317 e. The van der Waals surface area contributed by atoms with Gasteiger partial charge >= 0.3 is 6.03 Å². The Bertz CT molecular complexity index is 689. The molecule has 122 valence electrons. The first kappa shape index (κ1) is 14.3. The molecular formula is C15H20N6O2. The predicted molar refractivity (Wildman–Crippen MR) is 81.5 cm³/mol. The van der Waals surface area contributed by atoms with Crippen LogP contribution in [0.1, 0.15) is 17.4 Å². The minimum absolute atomic E-state index is 0.0336. The number of fused-ring (bicyclic) bond motifs is 1. The molecule has 0 atom stereocenters. The highest BCUT2D eigenvalue weighted by Crippen LogP contribution is 2.21. The Morgan fingerprint density at radius 3 is 3.04 bits per heavy atom. The highest BCUT2D eigenvalue weighted by atomic mass is 16.3. The van der Waals surface area contributed by atoms with Crippen molar-refractivity contribution in [2.24, 2.45) is 0 Å². The largest absolute Gasteiger partial charge is 0.467 e. The van der Waals surface area contributed by atoms with Gasteiger partial charge in [0.05, 0.1) is 19.4 Å². The molecule has 0 aliphatic carbocycles. The first-order chi connectivity index (χ1) is 11.2. The zero-order chi connectivity index (χ0) is 15.8. The number of hydrogen-bond acceptors (Lipinski definition) is 5. The van der Waals surface area contributed by atoms with E-state index in [1.54, 1.807) is 6.26 Å². The van der Waals surface area contributed by atoms with Crippen LogP contribution in [0.2, 0.25) is 0 Å². The van der Waals surface area contributed by atoms with Gasteiger partial charge in [0.15, 0.2) is 0 Å². The number of carbonyl (C=O) groups is 1. The molecule has 1 N–H and O–H groups in total. The second kappa shape index (κ2) is 5.69. The summed E-state index contributed by atoms with van der Waals surface area (Å²) in [6.07, 6.45) is 1.61. The quantitative estimate of drug-likeness (QED) is 0.896. The molecule has 2 aliphatic rings. The van der Waals surface area contributed by atoms with E-state index in [1.165, 1.54) is 0 Å². The fourth-order valence-corrected chi connectivity index (χ4v) is 3.17. The van der Waals surface area contributed by atoms with Crippen molar-refractivity contribution in [2.45, 2.75) is 32.6 Å². The molecule has 1 saturated heterocycles. The van der Waals surface area contributed by atoms with Crippen molar-refractivity contribution in [2.75, 3.05) is 19.6 Å². The maximum Gasteiger partial charge on any atom is 0.317 e. The molecule has 2 amide bonds. The minimum Gasteiger partial charge on any atom is -0.467 e. The van der Waals surface area contributed by atoms with E-state index >= 15 is 0 Å². The molecule has 8 heteroatoms. The second-order valence-electron chi connectivity index (χ2n) is 6.08. The van der Waals surface area contributed by atoms with Crippen LogP contribution in [-0.4, -0.2) is 56.3 Å². The van der Waals surface area contributed by atoms with E-state index in [9.17, 15) is 4.79 Å². The van der Waals surface area contributed by atoms with Gasteiger partial charge in [0, 0.05) is 32.2 Å². The summed E-state index contributed by atoms with van der Waals surface area (Å²) in [5.41, 5.74) is 0. The SMILES string of the molecule is Cc1nnc2n1CCN(C1CN(C(=O)NCc3ccco3)C1)C2. The number of furan rings is 1. The zero-order valence-corrected chi connectivity index (χ0v) is 13.1. The van der Waals surface area contributed by atoms with Gasteiger partial charge < -0.3 is 19.2 Å². The van der Waals surface area contributed by atoms with Crippen molar-refractivity contribution in [1.29, 1.82) is 0 Å². The fourth-order valence-electron chi connectivity index (χ4n) is 3.17. The standard InChI is InChI=1S/C15H20N6O2/c1-11-17-18-14-10-19(4-5-21(11)14)12-8-20(9-12)15(22)16-7-13-3-2-6-23-13/h2-3,6,12H,4-5,7-10H2,1H3,(H,16,22). The van der Waals surface area contributed by atoms with E-state index in [1.807, 2.05) is 24.0 Å². The summed E-state index contributed by atoms with van der Waals surface area (Å²) in [7, 11) is 0. The van der Waals surface area contributed by atoms with Gasteiger partial charge in [-0.25, -0.2) is 4.79 Å². The first-order valence-corrected chi connectivity index (χ1v) is 7.88. The third kappa shape index (κ3) is 2.70. The predicted octanol–water partition coefficient (Wildman–Crippen LogP) is 0.589. The van der Waals surface area contributed by atoms with Gasteiger partial charge in [-0.1, -0.05) is 0 Å². The molecule has 0 aromatic carbocycles. The topological polar surface area (TPSA) is 79.4 Å². The number of amides is 2. The molecule has 2 aromatic heterocycles. The molecule has 8 nitrogen and oxygen atoms in total. The molecule has 23 heavy (non-hydrogen) atoms. The number of likely N-dealkylation sites (tertiary alicyclic amines) is 1. The molecular weight excluding hydrogens is 296 g/mol. The number of nitrogens with zero attached hydrogens (tertiary/aromatic N) is 5. The van der Waals surface area contributed by atoms with E-state index in [0.29, 0.717) is 12.6 Å². The van der Waals surface area contributed by atoms with Crippen LogP contribution in [-0.2, 0) is 19.6 Å². The minimum atomic E-state index is -0.0336. The van der Waals surface area contributed by atoms with Crippen molar-refractivity contribution in [3.05, 3.63) is 35.8 Å². The van der Waals surface area contributed by atoms with Crippen LogP contribution in [0.3, 0.4) is 0 Å². The van der Waals surface area contributed by atoms with Crippen LogP contribution in [0, 0.1) is 6.92 Å². The van der Waals surface area contributed by atoms with E-state index in [0.717, 1.165) is 50.1 Å². The van der Waals surface area contributed by atoms with Gasteiger partial charge in [0.1, 0.15) is 17.4 Å². The maximum atomic E-state index is 12.1. The molecule has 0 unspecified atom stereocenters. The van der Waals surface area contributed by atoms with Gasteiger partial charge in [0.2, 0.25) is 0 Å². The van der Waals surface area contributed by atoms with Crippen LogP contribution >= 0.6 is 0 Å². The highest BCUT2D eigenvalue weighted by molar-refractivity contribution is 5.75. The summed E-state index contributed by atoms with van der Waals surface area (Å²) >= 11 is 0. The van der Waals surface area contributed by atoms with E-state index < -0.39 is 0 Å². The van der Waals surface area contributed by atoms with E-state index in [-0.39, 0.29) is 6.03 Å². The summed E-state index contributed by atoms with van der Waals surface area (Å²) in [4.78, 5) is 16.3. The van der Waals surface area contributed by atoms with Crippen molar-refractivity contribution < 1.29 is 9.21 Å². The Morgan fingerprint density at radius 1 is 1.39 bits per heavy atom. The lowest BCUT2D eigenvalue weighted by molar-refractivity contribution is 0.0387. The van der Waals surface area contributed by atoms with Crippen molar-refractivity contribution in [3.8, 4) is 0 Å². The molecule has 0 radical (unpaired) electrons. The Hall–Kier alpha value is -2.35. The third-order valence-corrected chi connectivity index (χ3v) is 4.63. The zero-order valence-electron chi connectivity index (χ0n) is 13.1. The number of aromatic nitrogens is 3. The molecule has 0 bridgehead atoms. The summed E-state index contributed by atoms with van der Waals surface area (Å²) in [5.74, 6) is 2.77. The summed E-state index contributed by atoms with van der Waals surface area (Å²) in [6.45, 7) is 6.66. The molecule has 0 saturated carbocycles. The van der Waals surface area contributed by atoms with Gasteiger partial charge in [-0.15, -0.1) is 10.2 Å². The number of aryl methyl sites for hydroxylation is 1. The molecule has 4 heterocycles. The van der Waals surface area contributed by atoms with Gasteiger partial charge in [-0.2, -0.15) is 0 Å². The first-order valence-electron chi connectivity index (χ1n) is 7.88. The van der Waals surface area contributed by atoms with Crippen LogP contribution in [0.5, 0.6) is 0 Å². The monoisotopic (exact) mass is 316 g/mol. The van der Waals surface area contributed by atoms with Crippen LogP contribution < -0.4 is 5.32 Å². The number of carbonyl (C=O) groups excluding carboxylic acids is 1. The molecule has 2 aliphatic heterocycles. The summed E-state index contributed by atoms with van der Waals surface area (Å²) < 4.78 is 7.38. The average Bonchev–Trinajstić information content (AvgIpc) is 3.14. The number of hydrogen-bond donors (Lipinski definition) is 1. The lowest BCUT2D eigenvalue weighted by atomic mass is 10.1. The Kier molecular flexibility index (Phi) is 3.53. The van der Waals surface area contributed by atoms with Crippen LogP contribution in [0.15, 0.2) is 22.8 Å². The van der Waals surface area contributed by atoms with E-state index in [2.05, 4.69) is 25.0 Å². The van der Waals surface area contributed by atoms with Gasteiger partial charge in [0.25, 0.3) is 0 Å². The van der Waals surface area contributed by atoms with Crippen molar-refractivity contribution in [3.63, 3.8) is 0 Å². The number of rotatable bonds is 3. The van der Waals surface area contributed by atoms with Crippen LogP contribution in [0.4, 0.5) is 4.79 Å². The van der Waals surface area contributed by atoms with Crippen molar-refractivity contribution in [1.82, 2.24) is 29.9 Å². The molecule has 0 spiro atoms. The summed E-state index contributed by atoms with van der Waals surface area (Å²) in [5, 5.41) is 11.2. The van der Waals surface area contributed by atoms with E-state index in [4.69, 9.17) is 4.42 Å². The maximum absolute atomic E-state index is 12.1. The molecule has 2 aromatic rings. The van der Waals surface area contributed by atoms with Crippen molar-refractivity contribution >= 4 is 6.03 Å². The second-order valence-corrected chi connectivity index (χ2v) is 6.08. The van der Waals surface area contributed by atoms with Gasteiger partial charge in [-0.3, -0.25) is 4.90 Å². The molecule has 1 fully saturated rings.